The highest BCUT2D eigenvalue weighted by molar-refractivity contribution is 7.98. The first-order chi connectivity index (χ1) is 7.74. The van der Waals surface area contributed by atoms with Crippen LogP contribution in [0.15, 0.2) is 18.5 Å². The molecule has 1 aromatic rings. The zero-order valence-electron chi connectivity index (χ0n) is 10.8. The summed E-state index contributed by atoms with van der Waals surface area (Å²) in [7, 11) is 0. The van der Waals surface area contributed by atoms with Crippen molar-refractivity contribution < 1.29 is 4.57 Å². The van der Waals surface area contributed by atoms with Crippen molar-refractivity contribution in [1.82, 2.24) is 0 Å². The molecule has 0 fully saturated rings. The minimum atomic E-state index is 1.09. The number of thioether (sulfide) groups is 1. The summed E-state index contributed by atoms with van der Waals surface area (Å²) >= 11 is 2.03. The Morgan fingerprint density at radius 3 is 2.62 bits per heavy atom. The van der Waals surface area contributed by atoms with E-state index >= 15 is 0 Å². The van der Waals surface area contributed by atoms with Crippen LogP contribution >= 0.6 is 11.8 Å². The van der Waals surface area contributed by atoms with Crippen LogP contribution in [0.2, 0.25) is 0 Å². The topological polar surface area (TPSA) is 3.88 Å². The Hall–Kier alpha value is -0.500. The van der Waals surface area contributed by atoms with Crippen LogP contribution in [0.4, 0.5) is 0 Å². The van der Waals surface area contributed by atoms with Gasteiger partial charge in [-0.15, -0.1) is 0 Å². The molecule has 0 bridgehead atoms. The predicted octanol–water partition coefficient (Wildman–Crippen LogP) is 3.86. The summed E-state index contributed by atoms with van der Waals surface area (Å²) < 4.78 is 2.28. The molecule has 0 saturated heterocycles. The second-order valence-electron chi connectivity index (χ2n) is 4.42. The molecule has 0 aliphatic carbocycles. The molecule has 0 N–H and O–H groups in total. The lowest BCUT2D eigenvalue weighted by atomic mass is 10.2. The SMILES string of the molecule is CCCCCCSC[n+]1ccc(C)c(C)c1. The molecule has 0 radical (unpaired) electrons. The van der Waals surface area contributed by atoms with E-state index in [0.29, 0.717) is 0 Å². The summed E-state index contributed by atoms with van der Waals surface area (Å²) in [6, 6.07) is 2.20. The van der Waals surface area contributed by atoms with Crippen LogP contribution in [0.1, 0.15) is 43.7 Å². The van der Waals surface area contributed by atoms with Crippen molar-refractivity contribution in [3.63, 3.8) is 0 Å². The van der Waals surface area contributed by atoms with Gasteiger partial charge in [-0.2, -0.15) is 4.57 Å². The van der Waals surface area contributed by atoms with Crippen LogP contribution in [0.25, 0.3) is 0 Å². The van der Waals surface area contributed by atoms with Crippen molar-refractivity contribution in [2.75, 3.05) is 5.75 Å². The molecular weight excluding hydrogens is 214 g/mol. The van der Waals surface area contributed by atoms with Gasteiger partial charge in [-0.3, -0.25) is 0 Å². The van der Waals surface area contributed by atoms with E-state index in [4.69, 9.17) is 0 Å². The molecule has 0 atom stereocenters. The van der Waals surface area contributed by atoms with Gasteiger partial charge in [-0.25, -0.2) is 0 Å². The summed E-state index contributed by atoms with van der Waals surface area (Å²) in [5, 5.41) is 0. The van der Waals surface area contributed by atoms with Gasteiger partial charge in [0.15, 0.2) is 18.3 Å². The smallest absolute Gasteiger partial charge is 0.194 e. The molecular formula is C14H24NS+. The zero-order valence-corrected chi connectivity index (χ0v) is 11.6. The minimum absolute atomic E-state index is 1.09. The first-order valence-electron chi connectivity index (χ1n) is 6.28. The third-order valence-electron chi connectivity index (χ3n) is 2.88. The van der Waals surface area contributed by atoms with E-state index in [9.17, 15) is 0 Å². The van der Waals surface area contributed by atoms with Crippen molar-refractivity contribution in [1.29, 1.82) is 0 Å². The van der Waals surface area contributed by atoms with Crippen LogP contribution in [0.3, 0.4) is 0 Å². The molecule has 0 amide bonds. The minimum Gasteiger partial charge on any atom is -0.195 e. The Kier molecular flexibility index (Phi) is 6.55. The molecule has 0 saturated carbocycles. The number of hydrogen-bond acceptors (Lipinski definition) is 1. The number of rotatable bonds is 7. The molecule has 1 rings (SSSR count). The Morgan fingerprint density at radius 2 is 1.94 bits per heavy atom. The van der Waals surface area contributed by atoms with Crippen molar-refractivity contribution in [2.24, 2.45) is 0 Å². The molecule has 1 nitrogen and oxygen atoms in total. The van der Waals surface area contributed by atoms with Crippen molar-refractivity contribution in [2.45, 2.75) is 52.3 Å². The van der Waals surface area contributed by atoms with Crippen LogP contribution in [-0.4, -0.2) is 5.75 Å². The number of aryl methyl sites for hydroxylation is 2. The number of nitrogens with zero attached hydrogens (tertiary/aromatic N) is 1. The summed E-state index contributed by atoms with van der Waals surface area (Å²) in [4.78, 5) is 0. The third kappa shape index (κ3) is 5.02. The first kappa shape index (κ1) is 13.6. The largest absolute Gasteiger partial charge is 0.195 e. The van der Waals surface area contributed by atoms with Gasteiger partial charge in [-0.05, 0) is 31.6 Å². The average Bonchev–Trinajstić information content (AvgIpc) is 2.28. The van der Waals surface area contributed by atoms with E-state index in [2.05, 4.69) is 43.8 Å². The van der Waals surface area contributed by atoms with Gasteiger partial charge in [0.25, 0.3) is 0 Å². The second-order valence-corrected chi connectivity index (χ2v) is 5.50. The van der Waals surface area contributed by atoms with Crippen LogP contribution < -0.4 is 4.57 Å². The highest BCUT2D eigenvalue weighted by Gasteiger charge is 2.02. The molecule has 16 heavy (non-hydrogen) atoms. The van der Waals surface area contributed by atoms with Gasteiger partial charge >= 0.3 is 0 Å². The number of pyridine rings is 1. The quantitative estimate of drug-likeness (QED) is 0.515. The standard InChI is InChI=1S/C14H24NS/c1-4-5-6-7-10-16-12-15-9-8-13(2)14(3)11-15/h8-9,11H,4-7,10,12H2,1-3H3/q+1. The van der Waals surface area contributed by atoms with Crippen LogP contribution in [-0.2, 0) is 5.88 Å². The summed E-state index contributed by atoms with van der Waals surface area (Å²) in [6.07, 6.45) is 9.90. The Labute approximate surface area is 104 Å². The number of hydrogen-bond donors (Lipinski definition) is 0. The average molecular weight is 238 g/mol. The maximum absolute atomic E-state index is 2.28. The van der Waals surface area contributed by atoms with Crippen molar-refractivity contribution in [3.8, 4) is 0 Å². The van der Waals surface area contributed by atoms with E-state index in [1.807, 2.05) is 11.8 Å². The fourth-order valence-corrected chi connectivity index (χ4v) is 2.52. The van der Waals surface area contributed by atoms with Crippen molar-refractivity contribution >= 4 is 11.8 Å². The second kappa shape index (κ2) is 7.72. The molecule has 0 aromatic carbocycles. The fourth-order valence-electron chi connectivity index (χ4n) is 1.61. The molecule has 0 unspecified atom stereocenters. The van der Waals surface area contributed by atoms with Gasteiger partial charge in [0.2, 0.25) is 0 Å². The first-order valence-corrected chi connectivity index (χ1v) is 7.43. The van der Waals surface area contributed by atoms with E-state index in [1.54, 1.807) is 0 Å². The molecule has 0 aliphatic rings. The van der Waals surface area contributed by atoms with E-state index in [0.717, 1.165) is 5.88 Å². The fraction of sp³-hybridized carbons (Fsp3) is 0.643. The van der Waals surface area contributed by atoms with Gasteiger partial charge < -0.3 is 0 Å². The monoisotopic (exact) mass is 238 g/mol. The third-order valence-corrected chi connectivity index (χ3v) is 3.94. The number of unbranched alkanes of at least 4 members (excludes halogenated alkanes) is 3. The Balaban J connectivity index is 2.19. The highest BCUT2D eigenvalue weighted by atomic mass is 32.2. The lowest BCUT2D eigenvalue weighted by Crippen LogP contribution is -2.31. The van der Waals surface area contributed by atoms with E-state index in [1.165, 1.54) is 42.6 Å². The maximum atomic E-state index is 2.28. The highest BCUT2D eigenvalue weighted by Crippen LogP contribution is 2.08. The van der Waals surface area contributed by atoms with Crippen molar-refractivity contribution in [3.05, 3.63) is 29.6 Å². The Bertz CT molecular complexity index is 310. The zero-order chi connectivity index (χ0) is 11.8. The van der Waals surface area contributed by atoms with E-state index in [-0.39, 0.29) is 0 Å². The molecule has 1 aromatic heterocycles. The molecule has 0 aliphatic heterocycles. The normalized spacial score (nSPS) is 10.7. The van der Waals surface area contributed by atoms with Crippen LogP contribution in [0.5, 0.6) is 0 Å². The van der Waals surface area contributed by atoms with Gasteiger partial charge in [0, 0.05) is 11.6 Å². The molecule has 90 valence electrons. The Morgan fingerprint density at radius 1 is 1.12 bits per heavy atom. The molecule has 2 heteroatoms. The van der Waals surface area contributed by atoms with Crippen LogP contribution in [0, 0.1) is 13.8 Å². The number of aromatic nitrogens is 1. The van der Waals surface area contributed by atoms with Gasteiger partial charge in [-0.1, -0.05) is 37.9 Å². The molecule has 0 spiro atoms. The van der Waals surface area contributed by atoms with E-state index < -0.39 is 0 Å². The lowest BCUT2D eigenvalue weighted by Gasteiger charge is -2.01. The maximum Gasteiger partial charge on any atom is 0.194 e. The van der Waals surface area contributed by atoms with Gasteiger partial charge in [0.1, 0.15) is 0 Å². The predicted molar refractivity (Wildman–Crippen MR) is 72.7 cm³/mol. The summed E-state index contributed by atoms with van der Waals surface area (Å²) in [6.45, 7) is 6.60. The summed E-state index contributed by atoms with van der Waals surface area (Å²) in [5.74, 6) is 2.38. The van der Waals surface area contributed by atoms with Gasteiger partial charge in [0.05, 0.1) is 0 Å². The summed E-state index contributed by atoms with van der Waals surface area (Å²) in [5.41, 5.74) is 2.76. The molecule has 1 heterocycles. The lowest BCUT2D eigenvalue weighted by molar-refractivity contribution is -0.676.